The van der Waals surface area contributed by atoms with Gasteiger partial charge < -0.3 is 4.90 Å². The minimum atomic E-state index is -0.326. The van der Waals surface area contributed by atoms with Crippen molar-refractivity contribution in [2.45, 2.75) is 0 Å². The van der Waals surface area contributed by atoms with E-state index in [-0.39, 0.29) is 24.3 Å². The number of carbonyl (C=O) groups excluding carboxylic acids is 2. The van der Waals surface area contributed by atoms with Gasteiger partial charge in [-0.05, 0) is 12.1 Å². The molecule has 2 amide bonds. The van der Waals surface area contributed by atoms with E-state index in [1.807, 2.05) is 6.07 Å². The summed E-state index contributed by atoms with van der Waals surface area (Å²) in [5.74, 6) is 1.27. The largest absolute Gasteiger partial charge is 0.323 e. The molecule has 0 unspecified atom stereocenters. The molecule has 0 aliphatic carbocycles. The molecule has 1 aromatic carbocycles. The summed E-state index contributed by atoms with van der Waals surface area (Å²) >= 11 is 7.41. The first-order valence-corrected chi connectivity index (χ1v) is 7.99. The normalized spacial score (nSPS) is 14.4. The van der Waals surface area contributed by atoms with E-state index in [2.05, 4.69) is 20.5 Å². The lowest BCUT2D eigenvalue weighted by molar-refractivity contribution is -0.130. The molecule has 1 aliphatic rings. The maximum atomic E-state index is 11.9. The molecular formula is C13H12ClN5O2S. The number of aromatic nitrogens is 3. The van der Waals surface area contributed by atoms with Crippen LogP contribution >= 0.6 is 23.4 Å². The maximum Gasteiger partial charge on any atom is 0.249 e. The van der Waals surface area contributed by atoms with Crippen molar-refractivity contribution in [3.05, 3.63) is 29.3 Å². The lowest BCUT2D eigenvalue weighted by atomic mass is 10.2. The standard InChI is InChI=1S/C13H12ClN5O2S/c14-9-3-1-2-8(4-9)12-16-13(18-17-12)15-10(20)5-19-7-22-6-11(19)21/h1-4H,5-7H2,(H2,15,16,17,18,20). The van der Waals surface area contributed by atoms with E-state index in [9.17, 15) is 9.59 Å². The molecule has 1 saturated heterocycles. The zero-order chi connectivity index (χ0) is 15.5. The van der Waals surface area contributed by atoms with Gasteiger partial charge in [0.15, 0.2) is 5.82 Å². The molecular weight excluding hydrogens is 326 g/mol. The lowest BCUT2D eigenvalue weighted by Crippen LogP contribution is -2.34. The van der Waals surface area contributed by atoms with Gasteiger partial charge >= 0.3 is 0 Å². The predicted octanol–water partition coefficient (Wildman–Crippen LogP) is 1.60. The number of halogens is 1. The zero-order valence-electron chi connectivity index (χ0n) is 11.4. The van der Waals surface area contributed by atoms with Crippen LogP contribution in [0.25, 0.3) is 11.4 Å². The van der Waals surface area contributed by atoms with Gasteiger partial charge in [-0.15, -0.1) is 16.9 Å². The Morgan fingerprint density at radius 3 is 3.09 bits per heavy atom. The Balaban J connectivity index is 1.64. The fraction of sp³-hybridized carbons (Fsp3) is 0.231. The van der Waals surface area contributed by atoms with E-state index in [4.69, 9.17) is 11.6 Å². The van der Waals surface area contributed by atoms with E-state index < -0.39 is 0 Å². The summed E-state index contributed by atoms with van der Waals surface area (Å²) in [7, 11) is 0. The van der Waals surface area contributed by atoms with Crippen LogP contribution < -0.4 is 5.32 Å². The molecule has 0 atom stereocenters. The number of rotatable bonds is 4. The van der Waals surface area contributed by atoms with Gasteiger partial charge in [0, 0.05) is 10.6 Å². The zero-order valence-corrected chi connectivity index (χ0v) is 12.9. The minimum Gasteiger partial charge on any atom is -0.323 e. The number of aromatic amines is 1. The van der Waals surface area contributed by atoms with Crippen molar-refractivity contribution in [1.29, 1.82) is 0 Å². The van der Waals surface area contributed by atoms with Crippen LogP contribution in [0.4, 0.5) is 5.95 Å². The van der Waals surface area contributed by atoms with Crippen molar-refractivity contribution in [2.24, 2.45) is 0 Å². The van der Waals surface area contributed by atoms with Gasteiger partial charge in [-0.1, -0.05) is 23.7 Å². The molecule has 0 radical (unpaired) electrons. The monoisotopic (exact) mass is 337 g/mol. The molecule has 0 saturated carbocycles. The Bertz CT molecular complexity index is 720. The van der Waals surface area contributed by atoms with Gasteiger partial charge in [-0.25, -0.2) is 0 Å². The van der Waals surface area contributed by atoms with Crippen LogP contribution in [0.2, 0.25) is 5.02 Å². The van der Waals surface area contributed by atoms with Gasteiger partial charge in [-0.3, -0.25) is 20.0 Å². The van der Waals surface area contributed by atoms with Crippen molar-refractivity contribution >= 4 is 41.1 Å². The Kier molecular flexibility index (Phi) is 4.30. The van der Waals surface area contributed by atoms with E-state index in [1.54, 1.807) is 18.2 Å². The van der Waals surface area contributed by atoms with E-state index in [0.717, 1.165) is 5.56 Å². The molecule has 2 N–H and O–H groups in total. The SMILES string of the molecule is O=C(CN1CSCC1=O)Nc1n[nH]c(-c2cccc(Cl)c2)n1. The number of H-pyrrole nitrogens is 1. The van der Waals surface area contributed by atoms with Crippen LogP contribution in [0.3, 0.4) is 0 Å². The van der Waals surface area contributed by atoms with Gasteiger partial charge in [0.2, 0.25) is 17.8 Å². The summed E-state index contributed by atoms with van der Waals surface area (Å²) in [4.78, 5) is 29.0. The number of hydrogen-bond donors (Lipinski definition) is 2. The second-order valence-electron chi connectivity index (χ2n) is 4.64. The fourth-order valence-electron chi connectivity index (χ4n) is 1.96. The molecule has 7 nitrogen and oxygen atoms in total. The first-order chi connectivity index (χ1) is 10.6. The highest BCUT2D eigenvalue weighted by atomic mass is 35.5. The van der Waals surface area contributed by atoms with Gasteiger partial charge in [0.1, 0.15) is 6.54 Å². The highest BCUT2D eigenvalue weighted by Gasteiger charge is 2.23. The highest BCUT2D eigenvalue weighted by Crippen LogP contribution is 2.20. The molecule has 114 valence electrons. The summed E-state index contributed by atoms with van der Waals surface area (Å²) in [6, 6.07) is 7.14. The van der Waals surface area contributed by atoms with Crippen LogP contribution in [0, 0.1) is 0 Å². The summed E-state index contributed by atoms with van der Waals surface area (Å²) in [6.45, 7) is 0.00682. The van der Waals surface area contributed by atoms with Crippen LogP contribution in [-0.4, -0.2) is 50.1 Å². The van der Waals surface area contributed by atoms with Crippen molar-refractivity contribution in [2.75, 3.05) is 23.5 Å². The average molecular weight is 338 g/mol. The molecule has 1 aromatic heterocycles. The number of amides is 2. The Labute approximate surface area is 135 Å². The quantitative estimate of drug-likeness (QED) is 0.884. The molecule has 22 heavy (non-hydrogen) atoms. The molecule has 1 fully saturated rings. The number of carbonyl (C=O) groups is 2. The third-order valence-electron chi connectivity index (χ3n) is 2.99. The third kappa shape index (κ3) is 3.40. The minimum absolute atomic E-state index is 0.00682. The van der Waals surface area contributed by atoms with Crippen LogP contribution in [0.15, 0.2) is 24.3 Å². The Morgan fingerprint density at radius 1 is 1.50 bits per heavy atom. The number of nitrogens with zero attached hydrogens (tertiary/aromatic N) is 3. The summed E-state index contributed by atoms with van der Waals surface area (Å²) < 4.78 is 0. The van der Waals surface area contributed by atoms with Crippen molar-refractivity contribution < 1.29 is 9.59 Å². The first kappa shape index (κ1) is 14.9. The fourth-order valence-corrected chi connectivity index (χ4v) is 3.05. The molecule has 2 aromatic rings. The first-order valence-electron chi connectivity index (χ1n) is 6.45. The number of anilines is 1. The molecule has 1 aliphatic heterocycles. The molecule has 3 rings (SSSR count). The molecule has 2 heterocycles. The van der Waals surface area contributed by atoms with Gasteiger partial charge in [0.05, 0.1) is 11.6 Å². The second-order valence-corrected chi connectivity index (χ2v) is 6.03. The maximum absolute atomic E-state index is 11.9. The Hall–Kier alpha value is -2.06. The smallest absolute Gasteiger partial charge is 0.249 e. The van der Waals surface area contributed by atoms with Crippen LogP contribution in [0.5, 0.6) is 0 Å². The number of thioether (sulfide) groups is 1. The second kappa shape index (κ2) is 6.37. The number of hydrogen-bond acceptors (Lipinski definition) is 5. The molecule has 0 spiro atoms. The number of nitrogens with one attached hydrogen (secondary N) is 2. The highest BCUT2D eigenvalue weighted by molar-refractivity contribution is 8.00. The van der Waals surface area contributed by atoms with E-state index in [1.165, 1.54) is 16.7 Å². The topological polar surface area (TPSA) is 91.0 Å². The predicted molar refractivity (Wildman–Crippen MR) is 84.5 cm³/mol. The number of benzene rings is 1. The van der Waals surface area contributed by atoms with Crippen molar-refractivity contribution in [3.63, 3.8) is 0 Å². The van der Waals surface area contributed by atoms with Gasteiger partial charge in [-0.2, -0.15) is 4.98 Å². The van der Waals surface area contributed by atoms with E-state index >= 15 is 0 Å². The van der Waals surface area contributed by atoms with Crippen LogP contribution in [-0.2, 0) is 9.59 Å². The lowest BCUT2D eigenvalue weighted by Gasteiger charge is -2.12. The average Bonchev–Trinajstić information content (AvgIpc) is 3.09. The van der Waals surface area contributed by atoms with E-state index in [0.29, 0.717) is 22.5 Å². The van der Waals surface area contributed by atoms with Gasteiger partial charge in [0.25, 0.3) is 0 Å². The van der Waals surface area contributed by atoms with Crippen molar-refractivity contribution in [3.8, 4) is 11.4 Å². The third-order valence-corrected chi connectivity index (χ3v) is 4.17. The Morgan fingerprint density at radius 2 is 2.36 bits per heavy atom. The molecule has 0 bridgehead atoms. The van der Waals surface area contributed by atoms with Crippen LogP contribution in [0.1, 0.15) is 0 Å². The summed E-state index contributed by atoms with van der Waals surface area (Å²) in [5, 5.41) is 9.83. The summed E-state index contributed by atoms with van der Waals surface area (Å²) in [5.41, 5.74) is 0.770. The molecule has 9 heteroatoms. The van der Waals surface area contributed by atoms with Crippen molar-refractivity contribution in [1.82, 2.24) is 20.1 Å². The summed E-state index contributed by atoms with van der Waals surface area (Å²) in [6.07, 6.45) is 0.